The molecule has 7 heteroatoms. The zero-order chi connectivity index (χ0) is 16.9. The number of nitrogens with zero attached hydrogens (tertiary/aromatic N) is 6. The molecule has 0 atom stereocenters. The fraction of sp³-hybridized carbons (Fsp3) is 0.167. The minimum Gasteiger partial charge on any atom is -0.461 e. The van der Waals surface area contributed by atoms with Crippen LogP contribution in [-0.4, -0.2) is 29.9 Å². The van der Waals surface area contributed by atoms with Gasteiger partial charge < -0.3 is 4.42 Å². The van der Waals surface area contributed by atoms with E-state index in [1.807, 2.05) is 35.3 Å². The van der Waals surface area contributed by atoms with Crippen molar-refractivity contribution in [2.24, 2.45) is 0 Å². The summed E-state index contributed by atoms with van der Waals surface area (Å²) in [7, 11) is 0. The third-order valence-electron chi connectivity index (χ3n) is 3.80. The summed E-state index contributed by atoms with van der Waals surface area (Å²) < 4.78 is 7.13. The number of rotatable bonds is 6. The van der Waals surface area contributed by atoms with Gasteiger partial charge in [-0.2, -0.15) is 0 Å². The lowest BCUT2D eigenvalue weighted by Gasteiger charge is -2.00. The van der Waals surface area contributed by atoms with Gasteiger partial charge in [0, 0.05) is 36.9 Å². The van der Waals surface area contributed by atoms with Crippen molar-refractivity contribution in [1.29, 1.82) is 0 Å². The maximum Gasteiger partial charge on any atom is 0.195 e. The second-order valence-corrected chi connectivity index (χ2v) is 5.60. The first-order valence-electron chi connectivity index (χ1n) is 8.04. The van der Waals surface area contributed by atoms with Gasteiger partial charge in [0.25, 0.3) is 0 Å². The Morgan fingerprint density at radius 2 is 1.96 bits per heavy atom. The van der Waals surface area contributed by atoms with Crippen LogP contribution in [0, 0.1) is 0 Å². The highest BCUT2D eigenvalue weighted by molar-refractivity contribution is 5.57. The molecule has 0 aliphatic rings. The van der Waals surface area contributed by atoms with Crippen molar-refractivity contribution in [2.45, 2.75) is 19.4 Å². The Kier molecular flexibility index (Phi) is 4.28. The van der Waals surface area contributed by atoms with Crippen LogP contribution in [-0.2, 0) is 13.0 Å². The minimum absolute atomic E-state index is 0.553. The number of aromatic nitrogens is 6. The van der Waals surface area contributed by atoms with E-state index < -0.39 is 0 Å². The molecule has 7 nitrogen and oxygen atoms in total. The van der Waals surface area contributed by atoms with Gasteiger partial charge in [0.1, 0.15) is 5.69 Å². The van der Waals surface area contributed by atoms with Gasteiger partial charge in [-0.25, -0.2) is 9.97 Å². The summed E-state index contributed by atoms with van der Waals surface area (Å²) >= 11 is 0. The highest BCUT2D eigenvalue weighted by Crippen LogP contribution is 2.18. The van der Waals surface area contributed by atoms with Crippen LogP contribution < -0.4 is 0 Å². The molecule has 0 aliphatic carbocycles. The lowest BCUT2D eigenvalue weighted by atomic mass is 10.1. The molecule has 4 heterocycles. The number of hydrogen-bond acceptors (Lipinski definition) is 6. The molecule has 0 aliphatic heterocycles. The van der Waals surface area contributed by atoms with Crippen LogP contribution in [0.15, 0.2) is 65.9 Å². The maximum absolute atomic E-state index is 5.29. The number of furan rings is 1. The molecule has 0 amide bonds. The molecule has 4 aromatic heterocycles. The molecular formula is C18H16N6O. The van der Waals surface area contributed by atoms with Gasteiger partial charge in [-0.15, -0.1) is 5.10 Å². The van der Waals surface area contributed by atoms with Crippen LogP contribution in [0.25, 0.3) is 22.8 Å². The first-order valence-corrected chi connectivity index (χ1v) is 8.04. The van der Waals surface area contributed by atoms with E-state index in [9.17, 15) is 0 Å². The van der Waals surface area contributed by atoms with Crippen LogP contribution in [0.2, 0.25) is 0 Å². The summed E-state index contributed by atoms with van der Waals surface area (Å²) in [4.78, 5) is 12.8. The summed E-state index contributed by atoms with van der Waals surface area (Å²) in [5, 5.41) is 8.37. The molecule has 0 saturated heterocycles. The van der Waals surface area contributed by atoms with Crippen LogP contribution in [0.4, 0.5) is 0 Å². The first kappa shape index (κ1) is 15.2. The topological polar surface area (TPSA) is 82.5 Å². The van der Waals surface area contributed by atoms with E-state index in [4.69, 9.17) is 4.42 Å². The van der Waals surface area contributed by atoms with E-state index in [0.717, 1.165) is 30.6 Å². The lowest BCUT2D eigenvalue weighted by molar-refractivity contribution is 0.558. The molecule has 0 unspecified atom stereocenters. The van der Waals surface area contributed by atoms with Gasteiger partial charge in [0.2, 0.25) is 0 Å². The molecule has 0 aromatic carbocycles. The molecule has 25 heavy (non-hydrogen) atoms. The molecule has 0 spiro atoms. The Hall–Kier alpha value is -3.35. The van der Waals surface area contributed by atoms with Crippen molar-refractivity contribution >= 4 is 0 Å². The molecule has 0 radical (unpaired) electrons. The van der Waals surface area contributed by atoms with Gasteiger partial charge in [-0.3, -0.25) is 9.67 Å². The first-order chi connectivity index (χ1) is 12.4. The van der Waals surface area contributed by atoms with Crippen molar-refractivity contribution in [3.63, 3.8) is 0 Å². The van der Waals surface area contributed by atoms with Crippen molar-refractivity contribution in [3.05, 3.63) is 67.1 Å². The van der Waals surface area contributed by atoms with Crippen molar-refractivity contribution in [2.75, 3.05) is 0 Å². The average molecular weight is 332 g/mol. The Morgan fingerprint density at radius 1 is 1.04 bits per heavy atom. The fourth-order valence-electron chi connectivity index (χ4n) is 2.52. The highest BCUT2D eigenvalue weighted by atomic mass is 16.3. The molecular weight excluding hydrogens is 316 g/mol. The Balaban J connectivity index is 1.39. The zero-order valence-electron chi connectivity index (χ0n) is 13.5. The average Bonchev–Trinajstić information content (AvgIpc) is 3.35. The van der Waals surface area contributed by atoms with Crippen molar-refractivity contribution < 1.29 is 4.42 Å². The number of pyridine rings is 1. The summed E-state index contributed by atoms with van der Waals surface area (Å²) in [6.45, 7) is 0.799. The third-order valence-corrected chi connectivity index (χ3v) is 3.80. The number of aryl methyl sites for hydroxylation is 2. The molecule has 0 fully saturated rings. The Labute approximate surface area is 144 Å². The monoisotopic (exact) mass is 332 g/mol. The second-order valence-electron chi connectivity index (χ2n) is 5.60. The standard InChI is InChI=1S/C18H16N6O/c1-4-14(10-19-7-1)5-2-8-24-13-16(22-23-24)15-11-20-18(21-12-15)17-6-3-9-25-17/h1,3-4,6-7,9-13H,2,5,8H2. The van der Waals surface area contributed by atoms with E-state index in [1.54, 1.807) is 24.9 Å². The van der Waals surface area contributed by atoms with E-state index in [1.165, 1.54) is 5.56 Å². The Bertz CT molecular complexity index is 916. The molecule has 4 aromatic rings. The van der Waals surface area contributed by atoms with Crippen LogP contribution >= 0.6 is 0 Å². The largest absolute Gasteiger partial charge is 0.461 e. The van der Waals surface area contributed by atoms with E-state index in [-0.39, 0.29) is 0 Å². The van der Waals surface area contributed by atoms with Gasteiger partial charge in [-0.1, -0.05) is 11.3 Å². The lowest BCUT2D eigenvalue weighted by Crippen LogP contribution is -2.00. The van der Waals surface area contributed by atoms with Crippen LogP contribution in [0.1, 0.15) is 12.0 Å². The number of hydrogen-bond donors (Lipinski definition) is 0. The Morgan fingerprint density at radius 3 is 2.72 bits per heavy atom. The summed E-state index contributed by atoms with van der Waals surface area (Å²) in [6, 6.07) is 7.67. The smallest absolute Gasteiger partial charge is 0.195 e. The molecule has 0 saturated carbocycles. The fourth-order valence-corrected chi connectivity index (χ4v) is 2.52. The van der Waals surface area contributed by atoms with E-state index >= 15 is 0 Å². The zero-order valence-corrected chi connectivity index (χ0v) is 13.5. The van der Waals surface area contributed by atoms with E-state index in [2.05, 4.69) is 31.3 Å². The van der Waals surface area contributed by atoms with Crippen LogP contribution in [0.5, 0.6) is 0 Å². The summed E-state index contributed by atoms with van der Waals surface area (Å²) in [6.07, 6.45) is 12.6. The maximum atomic E-state index is 5.29. The van der Waals surface area contributed by atoms with Crippen molar-refractivity contribution in [1.82, 2.24) is 29.9 Å². The molecule has 0 bridgehead atoms. The van der Waals surface area contributed by atoms with Gasteiger partial charge >= 0.3 is 0 Å². The van der Waals surface area contributed by atoms with Crippen molar-refractivity contribution in [3.8, 4) is 22.8 Å². The van der Waals surface area contributed by atoms with Crippen LogP contribution in [0.3, 0.4) is 0 Å². The van der Waals surface area contributed by atoms with Gasteiger partial charge in [0.15, 0.2) is 11.6 Å². The van der Waals surface area contributed by atoms with E-state index in [0.29, 0.717) is 11.6 Å². The SMILES string of the molecule is c1cncc(CCCn2cc(-c3cnc(-c4ccco4)nc3)nn2)c1. The summed E-state index contributed by atoms with van der Waals surface area (Å²) in [5.74, 6) is 1.20. The third kappa shape index (κ3) is 3.60. The normalized spacial score (nSPS) is 10.9. The predicted molar refractivity (Wildman–Crippen MR) is 91.3 cm³/mol. The molecule has 124 valence electrons. The minimum atomic E-state index is 0.553. The second kappa shape index (κ2) is 7.04. The quantitative estimate of drug-likeness (QED) is 0.540. The summed E-state index contributed by atoms with van der Waals surface area (Å²) in [5.41, 5.74) is 2.81. The predicted octanol–water partition coefficient (Wildman–Crippen LogP) is 3.02. The molecule has 4 rings (SSSR count). The van der Waals surface area contributed by atoms with Gasteiger partial charge in [0.05, 0.1) is 12.5 Å². The molecule has 0 N–H and O–H groups in total. The highest BCUT2D eigenvalue weighted by Gasteiger charge is 2.08. The van der Waals surface area contributed by atoms with Gasteiger partial charge in [-0.05, 0) is 36.6 Å².